The third kappa shape index (κ3) is 3.53. The van der Waals surface area contributed by atoms with Gasteiger partial charge < -0.3 is 9.64 Å². The fourth-order valence-corrected chi connectivity index (χ4v) is 3.31. The molecule has 0 aromatic carbocycles. The molecule has 0 unspecified atom stereocenters. The van der Waals surface area contributed by atoms with Gasteiger partial charge in [0.05, 0.1) is 6.07 Å². The second-order valence-electron chi connectivity index (χ2n) is 6.44. The molecule has 21 heavy (non-hydrogen) atoms. The van der Waals surface area contributed by atoms with Gasteiger partial charge in [-0.25, -0.2) is 9.78 Å². The molecule has 1 aromatic rings. The van der Waals surface area contributed by atoms with Crippen molar-refractivity contribution in [3.8, 4) is 6.07 Å². The van der Waals surface area contributed by atoms with E-state index in [0.717, 1.165) is 9.88 Å². The number of nitriles is 1. The standard InChI is InChI=1S/C15H21N3O2S/c1-11-9-17-12(21-11)15(10-16)5-7-18(8-6-15)13(19)20-14(2,3)4/h9H,5-8H2,1-4H3. The van der Waals surface area contributed by atoms with Crippen LogP contribution in [0.4, 0.5) is 4.79 Å². The Morgan fingerprint density at radius 1 is 1.48 bits per heavy atom. The number of ether oxygens (including phenoxy) is 1. The molecule has 1 aliphatic rings. The van der Waals surface area contributed by atoms with Gasteiger partial charge >= 0.3 is 6.09 Å². The Balaban J connectivity index is 2.05. The summed E-state index contributed by atoms with van der Waals surface area (Å²) < 4.78 is 5.38. The minimum Gasteiger partial charge on any atom is -0.444 e. The third-order valence-electron chi connectivity index (χ3n) is 3.51. The molecule has 1 aromatic heterocycles. The van der Waals surface area contributed by atoms with Gasteiger partial charge in [-0.05, 0) is 40.5 Å². The SMILES string of the molecule is Cc1cnc(C2(C#N)CCN(C(=O)OC(C)(C)C)CC2)s1. The minimum atomic E-state index is -0.558. The van der Waals surface area contributed by atoms with Crippen LogP contribution in [-0.4, -0.2) is 34.7 Å². The van der Waals surface area contributed by atoms with Crippen molar-refractivity contribution in [2.24, 2.45) is 0 Å². The molecule has 0 spiro atoms. The van der Waals surface area contributed by atoms with Crippen LogP contribution in [0.1, 0.15) is 43.5 Å². The number of aryl methyl sites for hydroxylation is 1. The number of thiazole rings is 1. The van der Waals surface area contributed by atoms with Gasteiger partial charge in [-0.2, -0.15) is 5.26 Å². The van der Waals surface area contributed by atoms with E-state index in [2.05, 4.69) is 11.1 Å². The zero-order chi connectivity index (χ0) is 15.7. The first-order valence-corrected chi connectivity index (χ1v) is 7.89. The van der Waals surface area contributed by atoms with Crippen molar-refractivity contribution in [1.82, 2.24) is 9.88 Å². The summed E-state index contributed by atoms with van der Waals surface area (Å²) in [4.78, 5) is 19.2. The maximum Gasteiger partial charge on any atom is 0.410 e. The number of nitrogens with zero attached hydrogens (tertiary/aromatic N) is 3. The number of rotatable bonds is 1. The van der Waals surface area contributed by atoms with E-state index in [9.17, 15) is 10.1 Å². The molecular formula is C15H21N3O2S. The maximum atomic E-state index is 12.1. The lowest BCUT2D eigenvalue weighted by molar-refractivity contribution is 0.0185. The van der Waals surface area contributed by atoms with Crippen LogP contribution in [0.25, 0.3) is 0 Å². The fourth-order valence-electron chi connectivity index (χ4n) is 2.35. The summed E-state index contributed by atoms with van der Waals surface area (Å²) in [5.41, 5.74) is -1.05. The summed E-state index contributed by atoms with van der Waals surface area (Å²) in [6, 6.07) is 2.42. The highest BCUT2D eigenvalue weighted by Gasteiger charge is 2.40. The van der Waals surface area contributed by atoms with Crippen LogP contribution in [-0.2, 0) is 10.2 Å². The normalized spacial score (nSPS) is 18.1. The van der Waals surface area contributed by atoms with E-state index in [0.29, 0.717) is 25.9 Å². The van der Waals surface area contributed by atoms with Gasteiger partial charge in [0.1, 0.15) is 16.0 Å². The van der Waals surface area contributed by atoms with Crippen LogP contribution in [0.3, 0.4) is 0 Å². The van der Waals surface area contributed by atoms with E-state index < -0.39 is 11.0 Å². The molecule has 0 saturated carbocycles. The van der Waals surface area contributed by atoms with Crippen molar-refractivity contribution in [2.75, 3.05) is 13.1 Å². The van der Waals surface area contributed by atoms with Crippen LogP contribution >= 0.6 is 11.3 Å². The topological polar surface area (TPSA) is 66.2 Å². The first-order chi connectivity index (χ1) is 9.76. The largest absolute Gasteiger partial charge is 0.444 e. The maximum absolute atomic E-state index is 12.1. The van der Waals surface area contributed by atoms with Crippen LogP contribution in [0, 0.1) is 18.3 Å². The molecule has 2 rings (SSSR count). The third-order valence-corrected chi connectivity index (χ3v) is 4.63. The Labute approximate surface area is 129 Å². The van der Waals surface area contributed by atoms with Crippen LogP contribution < -0.4 is 0 Å². The number of likely N-dealkylation sites (tertiary alicyclic amines) is 1. The smallest absolute Gasteiger partial charge is 0.410 e. The monoisotopic (exact) mass is 307 g/mol. The molecule has 114 valence electrons. The minimum absolute atomic E-state index is 0.302. The molecule has 0 aliphatic carbocycles. The lowest BCUT2D eigenvalue weighted by Gasteiger charge is -2.36. The van der Waals surface area contributed by atoms with E-state index in [1.54, 1.807) is 22.4 Å². The summed E-state index contributed by atoms with van der Waals surface area (Å²) in [6.07, 6.45) is 2.72. The molecule has 0 radical (unpaired) electrons. The molecule has 5 nitrogen and oxygen atoms in total. The molecule has 1 saturated heterocycles. The molecule has 1 fully saturated rings. The van der Waals surface area contributed by atoms with Crippen LogP contribution in [0.15, 0.2) is 6.20 Å². The first kappa shape index (κ1) is 15.8. The van der Waals surface area contributed by atoms with Crippen molar-refractivity contribution in [1.29, 1.82) is 5.26 Å². The number of carbonyl (C=O) groups excluding carboxylic acids is 1. The molecule has 0 N–H and O–H groups in total. The predicted molar refractivity (Wildman–Crippen MR) is 81.2 cm³/mol. The molecule has 6 heteroatoms. The molecule has 1 aliphatic heterocycles. The van der Waals surface area contributed by atoms with Gasteiger partial charge in [0.2, 0.25) is 0 Å². The number of hydrogen-bond donors (Lipinski definition) is 0. The van der Waals surface area contributed by atoms with Gasteiger partial charge in [-0.3, -0.25) is 0 Å². The molecule has 0 atom stereocenters. The van der Waals surface area contributed by atoms with E-state index in [4.69, 9.17) is 4.74 Å². The van der Waals surface area contributed by atoms with Crippen LogP contribution in [0.5, 0.6) is 0 Å². The molecule has 1 amide bonds. The molecular weight excluding hydrogens is 286 g/mol. The highest BCUT2D eigenvalue weighted by molar-refractivity contribution is 7.11. The number of aromatic nitrogens is 1. The number of piperidine rings is 1. The van der Waals surface area contributed by atoms with Gasteiger partial charge in [-0.15, -0.1) is 11.3 Å². The van der Waals surface area contributed by atoms with Crippen molar-refractivity contribution in [3.63, 3.8) is 0 Å². The number of carbonyl (C=O) groups is 1. The highest BCUT2D eigenvalue weighted by Crippen LogP contribution is 2.37. The Bertz CT molecular complexity index is 560. The quantitative estimate of drug-likeness (QED) is 0.799. The van der Waals surface area contributed by atoms with Crippen molar-refractivity contribution in [3.05, 3.63) is 16.1 Å². The predicted octanol–water partition coefficient (Wildman–Crippen LogP) is 3.24. The lowest BCUT2D eigenvalue weighted by atomic mass is 9.80. The Kier molecular flexibility index (Phi) is 4.24. The summed E-state index contributed by atoms with van der Waals surface area (Å²) in [6.45, 7) is 8.61. The second kappa shape index (κ2) is 5.64. The van der Waals surface area contributed by atoms with Gasteiger partial charge in [0, 0.05) is 24.2 Å². The Morgan fingerprint density at radius 3 is 2.52 bits per heavy atom. The summed E-state index contributed by atoms with van der Waals surface area (Å²) >= 11 is 1.57. The van der Waals surface area contributed by atoms with E-state index in [1.807, 2.05) is 27.7 Å². The van der Waals surface area contributed by atoms with Crippen molar-refractivity contribution in [2.45, 2.75) is 51.6 Å². The molecule has 2 heterocycles. The fraction of sp³-hybridized carbons (Fsp3) is 0.667. The zero-order valence-corrected chi connectivity index (χ0v) is 13.8. The second-order valence-corrected chi connectivity index (χ2v) is 7.67. The average Bonchev–Trinajstić information content (AvgIpc) is 2.84. The van der Waals surface area contributed by atoms with Gasteiger partial charge in [0.15, 0.2) is 0 Å². The average molecular weight is 307 g/mol. The lowest BCUT2D eigenvalue weighted by Crippen LogP contribution is -2.46. The number of amides is 1. The van der Waals surface area contributed by atoms with E-state index in [-0.39, 0.29) is 6.09 Å². The van der Waals surface area contributed by atoms with E-state index in [1.165, 1.54) is 0 Å². The van der Waals surface area contributed by atoms with Gasteiger partial charge in [-0.1, -0.05) is 0 Å². The van der Waals surface area contributed by atoms with Crippen molar-refractivity contribution < 1.29 is 9.53 Å². The summed E-state index contributed by atoms with van der Waals surface area (Å²) in [7, 11) is 0. The van der Waals surface area contributed by atoms with Crippen molar-refractivity contribution >= 4 is 17.4 Å². The van der Waals surface area contributed by atoms with Gasteiger partial charge in [0.25, 0.3) is 0 Å². The molecule has 0 bridgehead atoms. The Morgan fingerprint density at radius 2 is 2.10 bits per heavy atom. The van der Waals surface area contributed by atoms with Crippen LogP contribution in [0.2, 0.25) is 0 Å². The highest BCUT2D eigenvalue weighted by atomic mass is 32.1. The zero-order valence-electron chi connectivity index (χ0n) is 13.0. The summed E-state index contributed by atoms with van der Waals surface area (Å²) in [5.74, 6) is 0. The van der Waals surface area contributed by atoms with E-state index >= 15 is 0 Å². The summed E-state index contributed by atoms with van der Waals surface area (Å²) in [5, 5.41) is 10.5. The first-order valence-electron chi connectivity index (χ1n) is 7.08. The number of hydrogen-bond acceptors (Lipinski definition) is 5. The Hall–Kier alpha value is -1.61.